The number of nitrogens with zero attached hydrogens (tertiary/aromatic N) is 4. The van der Waals surface area contributed by atoms with Crippen LogP contribution in [0.4, 0.5) is 5.82 Å². The van der Waals surface area contributed by atoms with Crippen LogP contribution in [0.5, 0.6) is 5.75 Å². The zero-order chi connectivity index (χ0) is 22.7. The number of fused-ring (bicyclic) bond motifs is 1. The van der Waals surface area contributed by atoms with Crippen molar-refractivity contribution in [3.63, 3.8) is 0 Å². The molecule has 2 aromatic heterocycles. The molecule has 0 aliphatic carbocycles. The van der Waals surface area contributed by atoms with Gasteiger partial charge in [-0.25, -0.2) is 14.6 Å². The van der Waals surface area contributed by atoms with E-state index in [9.17, 15) is 4.79 Å². The van der Waals surface area contributed by atoms with Crippen molar-refractivity contribution in [2.75, 3.05) is 5.32 Å². The minimum Gasteiger partial charge on any atom is -0.491 e. The van der Waals surface area contributed by atoms with Gasteiger partial charge in [0.15, 0.2) is 0 Å². The third-order valence-corrected chi connectivity index (χ3v) is 5.08. The molecule has 1 unspecified atom stereocenters. The fourth-order valence-electron chi connectivity index (χ4n) is 3.59. The summed E-state index contributed by atoms with van der Waals surface area (Å²) >= 11 is 0. The summed E-state index contributed by atoms with van der Waals surface area (Å²) in [6.45, 7) is 8.21. The van der Waals surface area contributed by atoms with Crippen molar-refractivity contribution in [1.82, 2.24) is 19.7 Å². The second kappa shape index (κ2) is 9.18. The number of nitrogens with one attached hydrogen (secondary N) is 1. The zero-order valence-electron chi connectivity index (χ0n) is 18.7. The van der Waals surface area contributed by atoms with Crippen LogP contribution >= 0.6 is 0 Å². The zero-order valence-corrected chi connectivity index (χ0v) is 18.7. The smallest absolute Gasteiger partial charge is 0.274 e. The van der Waals surface area contributed by atoms with Gasteiger partial charge in [-0.2, -0.15) is 5.10 Å². The number of hydrogen-bond acceptors (Lipinski definition) is 6. The van der Waals surface area contributed by atoms with Gasteiger partial charge in [-0.1, -0.05) is 30.3 Å². The molecule has 164 valence electrons. The molecule has 0 spiro atoms. The van der Waals surface area contributed by atoms with E-state index in [4.69, 9.17) is 4.74 Å². The third-order valence-electron chi connectivity index (χ3n) is 5.08. The molecule has 4 rings (SSSR count). The fourth-order valence-corrected chi connectivity index (χ4v) is 3.59. The van der Waals surface area contributed by atoms with Crippen molar-refractivity contribution in [1.29, 1.82) is 0 Å². The summed E-state index contributed by atoms with van der Waals surface area (Å²) in [4.78, 5) is 21.8. The molecule has 1 N–H and O–H groups in total. The first-order chi connectivity index (χ1) is 15.4. The minimum atomic E-state index is -0.133. The second-order valence-corrected chi connectivity index (χ2v) is 8.09. The molecular formula is C25H27N5O2. The van der Waals surface area contributed by atoms with Gasteiger partial charge in [0, 0.05) is 17.5 Å². The average Bonchev–Trinajstić information content (AvgIpc) is 2.75. The fraction of sp³-hybridized carbons (Fsp3) is 0.280. The lowest BCUT2D eigenvalue weighted by Crippen LogP contribution is -2.24. The Hall–Kier alpha value is -3.74. The molecule has 1 atom stereocenters. The molecule has 2 aromatic carbocycles. The molecule has 0 radical (unpaired) electrons. The van der Waals surface area contributed by atoms with E-state index >= 15 is 0 Å². The maximum atomic E-state index is 12.8. The Labute approximate surface area is 187 Å². The second-order valence-electron chi connectivity index (χ2n) is 8.09. The van der Waals surface area contributed by atoms with Gasteiger partial charge in [0.1, 0.15) is 17.4 Å². The van der Waals surface area contributed by atoms with E-state index in [1.54, 1.807) is 6.20 Å². The van der Waals surface area contributed by atoms with E-state index in [0.717, 1.165) is 22.4 Å². The SMILES string of the molecule is Cc1nc(Cn2ncc3ccccc3c2=O)cc(NC(C)c2ccc(OC(C)C)cc2)n1. The van der Waals surface area contributed by atoms with Crippen molar-refractivity contribution in [3.05, 3.63) is 88.2 Å². The highest BCUT2D eigenvalue weighted by Gasteiger charge is 2.11. The van der Waals surface area contributed by atoms with Gasteiger partial charge in [-0.15, -0.1) is 0 Å². The van der Waals surface area contributed by atoms with E-state index in [-0.39, 0.29) is 24.2 Å². The number of hydrogen-bond donors (Lipinski definition) is 1. The van der Waals surface area contributed by atoms with Crippen LogP contribution in [0.3, 0.4) is 0 Å². The summed E-state index contributed by atoms with van der Waals surface area (Å²) in [7, 11) is 0. The van der Waals surface area contributed by atoms with Gasteiger partial charge in [0.25, 0.3) is 5.56 Å². The molecule has 0 saturated heterocycles. The number of aryl methyl sites for hydroxylation is 1. The highest BCUT2D eigenvalue weighted by atomic mass is 16.5. The van der Waals surface area contributed by atoms with Gasteiger partial charge in [-0.05, 0) is 51.5 Å². The molecule has 4 aromatic rings. The van der Waals surface area contributed by atoms with Crippen molar-refractivity contribution in [2.24, 2.45) is 0 Å². The van der Waals surface area contributed by atoms with Gasteiger partial charge >= 0.3 is 0 Å². The number of benzene rings is 2. The maximum Gasteiger partial charge on any atom is 0.274 e. The van der Waals surface area contributed by atoms with E-state index in [1.807, 2.05) is 75.4 Å². The lowest BCUT2D eigenvalue weighted by atomic mass is 10.1. The van der Waals surface area contributed by atoms with Gasteiger partial charge < -0.3 is 10.1 Å². The number of rotatable bonds is 7. The lowest BCUT2D eigenvalue weighted by Gasteiger charge is -2.17. The van der Waals surface area contributed by atoms with Crippen molar-refractivity contribution < 1.29 is 4.74 Å². The number of aromatic nitrogens is 4. The Balaban J connectivity index is 1.53. The van der Waals surface area contributed by atoms with Crippen LogP contribution in [0.25, 0.3) is 10.8 Å². The Kier molecular flexibility index (Phi) is 6.16. The predicted octanol–water partition coefficient (Wildman–Crippen LogP) is 4.50. The standard InChI is InChI=1S/C25H27N5O2/c1-16(2)32-22-11-9-19(10-12-22)17(3)27-24-13-21(28-18(4)29-24)15-30-25(31)23-8-6-5-7-20(23)14-26-30/h5-14,16-17H,15H2,1-4H3,(H,27,28,29). The van der Waals surface area contributed by atoms with Crippen LogP contribution < -0.4 is 15.6 Å². The summed E-state index contributed by atoms with van der Waals surface area (Å²) in [5.41, 5.74) is 1.70. The van der Waals surface area contributed by atoms with Crippen LogP contribution in [0.2, 0.25) is 0 Å². The first-order valence-electron chi connectivity index (χ1n) is 10.7. The molecule has 0 fully saturated rings. The Bertz CT molecular complexity index is 1280. The monoisotopic (exact) mass is 429 g/mol. The van der Waals surface area contributed by atoms with E-state index < -0.39 is 0 Å². The van der Waals surface area contributed by atoms with Gasteiger partial charge in [-0.3, -0.25) is 4.79 Å². The molecule has 0 amide bonds. The molecule has 2 heterocycles. The average molecular weight is 430 g/mol. The molecule has 0 bridgehead atoms. The maximum absolute atomic E-state index is 12.8. The first-order valence-corrected chi connectivity index (χ1v) is 10.7. The molecule has 0 aliphatic heterocycles. The quantitative estimate of drug-likeness (QED) is 0.466. The summed E-state index contributed by atoms with van der Waals surface area (Å²) in [5.74, 6) is 2.19. The Morgan fingerprint density at radius 3 is 2.53 bits per heavy atom. The van der Waals surface area contributed by atoms with Crippen LogP contribution in [-0.4, -0.2) is 25.9 Å². The van der Waals surface area contributed by atoms with Crippen LogP contribution in [-0.2, 0) is 6.54 Å². The van der Waals surface area contributed by atoms with E-state index in [2.05, 4.69) is 27.3 Å². The summed E-state index contributed by atoms with van der Waals surface area (Å²) < 4.78 is 7.15. The summed E-state index contributed by atoms with van der Waals surface area (Å²) in [6, 6.07) is 17.4. The molecule has 7 nitrogen and oxygen atoms in total. The number of ether oxygens (including phenoxy) is 1. The van der Waals surface area contributed by atoms with Gasteiger partial charge in [0.2, 0.25) is 0 Å². The molecule has 0 aliphatic rings. The van der Waals surface area contributed by atoms with E-state index in [1.165, 1.54) is 4.68 Å². The van der Waals surface area contributed by atoms with Crippen LogP contribution in [0, 0.1) is 6.92 Å². The number of anilines is 1. The first kappa shape index (κ1) is 21.5. The van der Waals surface area contributed by atoms with Crippen LogP contribution in [0.1, 0.15) is 43.9 Å². The topological polar surface area (TPSA) is 81.9 Å². The molecular weight excluding hydrogens is 402 g/mol. The Morgan fingerprint density at radius 2 is 1.78 bits per heavy atom. The highest BCUT2D eigenvalue weighted by Crippen LogP contribution is 2.22. The van der Waals surface area contributed by atoms with Crippen LogP contribution in [0.15, 0.2) is 65.6 Å². The normalized spacial score (nSPS) is 12.2. The van der Waals surface area contributed by atoms with Gasteiger partial charge in [0.05, 0.1) is 29.9 Å². The molecule has 32 heavy (non-hydrogen) atoms. The lowest BCUT2D eigenvalue weighted by molar-refractivity contribution is 0.242. The summed E-state index contributed by atoms with van der Waals surface area (Å²) in [5, 5.41) is 9.21. The van der Waals surface area contributed by atoms with Crippen molar-refractivity contribution in [3.8, 4) is 5.75 Å². The van der Waals surface area contributed by atoms with Crippen molar-refractivity contribution >= 4 is 16.6 Å². The van der Waals surface area contributed by atoms with Crippen molar-refractivity contribution in [2.45, 2.75) is 46.4 Å². The largest absolute Gasteiger partial charge is 0.491 e. The Morgan fingerprint density at radius 1 is 1.03 bits per heavy atom. The highest BCUT2D eigenvalue weighted by molar-refractivity contribution is 5.80. The van der Waals surface area contributed by atoms with E-state index in [0.29, 0.717) is 17.0 Å². The molecule has 7 heteroatoms. The predicted molar refractivity (Wildman–Crippen MR) is 126 cm³/mol. The molecule has 0 saturated carbocycles. The summed E-state index contributed by atoms with van der Waals surface area (Å²) in [6.07, 6.45) is 1.85. The third kappa shape index (κ3) is 4.94. The minimum absolute atomic E-state index is 0.0340.